The van der Waals surface area contributed by atoms with Crippen LogP contribution in [0, 0.1) is 13.8 Å². The molecule has 0 unspecified atom stereocenters. The molecule has 3 aromatic rings. The summed E-state index contributed by atoms with van der Waals surface area (Å²) in [6.45, 7) is 3.79. The molecule has 0 atom stereocenters. The summed E-state index contributed by atoms with van der Waals surface area (Å²) in [6, 6.07) is 12.6. The van der Waals surface area contributed by atoms with E-state index < -0.39 is 0 Å². The predicted octanol–water partition coefficient (Wildman–Crippen LogP) is 4.56. The average molecular weight is 463 g/mol. The zero-order chi connectivity index (χ0) is 21.5. The first-order valence-corrected chi connectivity index (χ1v) is 11.1. The molecule has 1 heterocycles. The quantitative estimate of drug-likeness (QED) is 0.376. The highest BCUT2D eigenvalue weighted by molar-refractivity contribution is 8.01. The Morgan fingerprint density at radius 1 is 1.07 bits per heavy atom. The van der Waals surface area contributed by atoms with Crippen LogP contribution < -0.4 is 15.4 Å². The van der Waals surface area contributed by atoms with Crippen molar-refractivity contribution in [3.05, 3.63) is 58.6 Å². The molecule has 2 N–H and O–H groups in total. The number of aryl methyl sites for hydroxylation is 2. The third-order valence-electron chi connectivity index (χ3n) is 3.82. The Labute approximate surface area is 187 Å². The first-order valence-electron chi connectivity index (χ1n) is 8.90. The zero-order valence-corrected chi connectivity index (χ0v) is 18.7. The number of carbonyl (C=O) groups excluding carboxylic acids is 2. The summed E-state index contributed by atoms with van der Waals surface area (Å²) < 4.78 is 5.96. The topological polar surface area (TPSA) is 93.2 Å². The van der Waals surface area contributed by atoms with Crippen LogP contribution in [0.4, 0.5) is 10.8 Å². The van der Waals surface area contributed by atoms with Crippen LogP contribution in [0.25, 0.3) is 0 Å². The van der Waals surface area contributed by atoms with Crippen molar-refractivity contribution in [2.45, 2.75) is 18.2 Å². The van der Waals surface area contributed by atoms with Gasteiger partial charge in [-0.05, 0) is 49.7 Å². The first-order chi connectivity index (χ1) is 14.4. The molecule has 2 amide bonds. The SMILES string of the molecule is Cc1ccc(NC(=O)CSc2nnc(NC(=O)COc3ccc(Cl)cc3)s2)c(C)c1. The van der Waals surface area contributed by atoms with Gasteiger partial charge in [-0.15, -0.1) is 10.2 Å². The van der Waals surface area contributed by atoms with Crippen molar-refractivity contribution in [1.82, 2.24) is 10.2 Å². The monoisotopic (exact) mass is 462 g/mol. The normalized spacial score (nSPS) is 10.5. The molecule has 7 nitrogen and oxygen atoms in total. The number of benzene rings is 2. The van der Waals surface area contributed by atoms with Crippen LogP contribution in [-0.2, 0) is 9.59 Å². The van der Waals surface area contributed by atoms with Crippen LogP contribution in [0.5, 0.6) is 5.75 Å². The summed E-state index contributed by atoms with van der Waals surface area (Å²) in [4.78, 5) is 24.2. The minimum absolute atomic E-state index is 0.135. The van der Waals surface area contributed by atoms with Crippen LogP contribution in [0.1, 0.15) is 11.1 Å². The maximum absolute atomic E-state index is 12.2. The summed E-state index contributed by atoms with van der Waals surface area (Å²) in [5, 5.41) is 14.4. The minimum atomic E-state index is -0.356. The molecule has 2 aromatic carbocycles. The van der Waals surface area contributed by atoms with Crippen molar-refractivity contribution in [2.75, 3.05) is 23.0 Å². The van der Waals surface area contributed by atoms with E-state index >= 15 is 0 Å². The standard InChI is InChI=1S/C20H19ClN4O3S2/c1-12-3-8-16(13(2)9-12)22-18(27)11-29-20-25-24-19(30-20)23-17(26)10-28-15-6-4-14(21)5-7-15/h3-9H,10-11H2,1-2H3,(H,22,27)(H,23,24,26). The predicted molar refractivity (Wildman–Crippen MR) is 121 cm³/mol. The van der Waals surface area contributed by atoms with Gasteiger partial charge < -0.3 is 10.1 Å². The number of carbonyl (C=O) groups is 2. The summed E-state index contributed by atoms with van der Waals surface area (Å²) in [5.74, 6) is 0.238. The molecule has 0 fully saturated rings. The fourth-order valence-electron chi connectivity index (χ4n) is 2.42. The maximum atomic E-state index is 12.2. The number of hydrogen-bond donors (Lipinski definition) is 2. The van der Waals surface area contributed by atoms with E-state index in [0.29, 0.717) is 20.2 Å². The first kappa shape index (κ1) is 22.1. The van der Waals surface area contributed by atoms with Gasteiger partial charge in [-0.2, -0.15) is 0 Å². The number of rotatable bonds is 8. The number of nitrogens with zero attached hydrogens (tertiary/aromatic N) is 2. The summed E-state index contributed by atoms with van der Waals surface area (Å²) >= 11 is 8.25. The van der Waals surface area contributed by atoms with E-state index in [-0.39, 0.29) is 24.2 Å². The Morgan fingerprint density at radius 2 is 1.83 bits per heavy atom. The number of aromatic nitrogens is 2. The fourth-order valence-corrected chi connectivity index (χ4v) is 4.12. The Morgan fingerprint density at radius 3 is 2.57 bits per heavy atom. The number of nitrogens with one attached hydrogen (secondary N) is 2. The van der Waals surface area contributed by atoms with E-state index in [4.69, 9.17) is 16.3 Å². The molecule has 1 aromatic heterocycles. The molecule has 3 rings (SSSR count). The molecule has 0 saturated heterocycles. The Hall–Kier alpha value is -2.62. The lowest BCUT2D eigenvalue weighted by atomic mass is 10.1. The second-order valence-electron chi connectivity index (χ2n) is 6.32. The van der Waals surface area contributed by atoms with Crippen LogP contribution in [-0.4, -0.2) is 34.4 Å². The van der Waals surface area contributed by atoms with Crippen LogP contribution in [0.2, 0.25) is 5.02 Å². The maximum Gasteiger partial charge on any atom is 0.264 e. The van der Waals surface area contributed by atoms with Crippen molar-refractivity contribution in [2.24, 2.45) is 0 Å². The van der Waals surface area contributed by atoms with Crippen LogP contribution >= 0.6 is 34.7 Å². The molecule has 30 heavy (non-hydrogen) atoms. The van der Waals surface area contributed by atoms with Gasteiger partial charge in [0.05, 0.1) is 5.75 Å². The van der Waals surface area contributed by atoms with E-state index in [9.17, 15) is 9.59 Å². The third-order valence-corrected chi connectivity index (χ3v) is 6.04. The number of halogens is 1. The van der Waals surface area contributed by atoms with Gasteiger partial charge in [0.15, 0.2) is 10.9 Å². The highest BCUT2D eigenvalue weighted by atomic mass is 35.5. The molecule has 156 valence electrons. The average Bonchev–Trinajstić information content (AvgIpc) is 3.15. The third kappa shape index (κ3) is 6.72. The van der Waals surface area contributed by atoms with Crippen molar-refractivity contribution >= 4 is 57.3 Å². The molecule has 0 spiro atoms. The summed E-state index contributed by atoms with van der Waals surface area (Å²) in [6.07, 6.45) is 0. The molecule has 0 aliphatic heterocycles. The molecular formula is C20H19ClN4O3S2. The fraction of sp³-hybridized carbons (Fsp3) is 0.200. The number of ether oxygens (including phenoxy) is 1. The number of hydrogen-bond acceptors (Lipinski definition) is 7. The minimum Gasteiger partial charge on any atom is -0.484 e. The van der Waals surface area contributed by atoms with Crippen molar-refractivity contribution in [1.29, 1.82) is 0 Å². The van der Waals surface area contributed by atoms with Crippen LogP contribution in [0.3, 0.4) is 0 Å². The number of anilines is 2. The Kier molecular flexibility index (Phi) is 7.67. The van der Waals surface area contributed by atoms with Gasteiger partial charge in [-0.1, -0.05) is 52.4 Å². The smallest absolute Gasteiger partial charge is 0.264 e. The van der Waals surface area contributed by atoms with E-state index in [0.717, 1.165) is 16.8 Å². The molecule has 0 aliphatic carbocycles. The lowest BCUT2D eigenvalue weighted by Crippen LogP contribution is -2.20. The lowest BCUT2D eigenvalue weighted by Gasteiger charge is -2.08. The second kappa shape index (κ2) is 10.4. The number of amides is 2. The summed E-state index contributed by atoms with van der Waals surface area (Å²) in [7, 11) is 0. The largest absolute Gasteiger partial charge is 0.484 e. The molecule has 0 saturated carbocycles. The molecular weight excluding hydrogens is 444 g/mol. The summed E-state index contributed by atoms with van der Waals surface area (Å²) in [5.41, 5.74) is 2.94. The molecule has 0 aliphatic rings. The Bertz CT molecular complexity index is 1040. The number of thioether (sulfide) groups is 1. The van der Waals surface area contributed by atoms with E-state index in [1.807, 2.05) is 32.0 Å². The zero-order valence-electron chi connectivity index (χ0n) is 16.3. The second-order valence-corrected chi connectivity index (χ2v) is 8.96. The van der Waals surface area contributed by atoms with Crippen molar-refractivity contribution in [3.8, 4) is 5.75 Å². The van der Waals surface area contributed by atoms with Gasteiger partial charge in [-0.25, -0.2) is 0 Å². The Balaban J connectivity index is 1.43. The van der Waals surface area contributed by atoms with Gasteiger partial charge in [0, 0.05) is 10.7 Å². The molecule has 0 radical (unpaired) electrons. The van der Waals surface area contributed by atoms with Crippen molar-refractivity contribution in [3.63, 3.8) is 0 Å². The highest BCUT2D eigenvalue weighted by Crippen LogP contribution is 2.26. The van der Waals surface area contributed by atoms with Crippen LogP contribution in [0.15, 0.2) is 46.8 Å². The van der Waals surface area contributed by atoms with Gasteiger partial charge >= 0.3 is 0 Å². The molecule has 10 heteroatoms. The van der Waals surface area contributed by atoms with Crippen molar-refractivity contribution < 1.29 is 14.3 Å². The molecule has 0 bridgehead atoms. The van der Waals surface area contributed by atoms with Gasteiger partial charge in [0.1, 0.15) is 5.75 Å². The van der Waals surface area contributed by atoms with E-state index in [2.05, 4.69) is 20.8 Å². The highest BCUT2D eigenvalue weighted by Gasteiger charge is 2.12. The van der Waals surface area contributed by atoms with E-state index in [1.165, 1.54) is 23.1 Å². The van der Waals surface area contributed by atoms with Gasteiger partial charge in [-0.3, -0.25) is 14.9 Å². The van der Waals surface area contributed by atoms with E-state index in [1.54, 1.807) is 24.3 Å². The van der Waals surface area contributed by atoms with Gasteiger partial charge in [0.2, 0.25) is 11.0 Å². The lowest BCUT2D eigenvalue weighted by molar-refractivity contribution is -0.118. The van der Waals surface area contributed by atoms with Gasteiger partial charge in [0.25, 0.3) is 5.91 Å².